The lowest BCUT2D eigenvalue weighted by molar-refractivity contribution is 0.104. The summed E-state index contributed by atoms with van der Waals surface area (Å²) >= 11 is 0. The fourth-order valence-corrected chi connectivity index (χ4v) is 2.24. The Balaban J connectivity index is 2.05. The van der Waals surface area contributed by atoms with E-state index in [-0.39, 0.29) is 11.3 Å². The highest BCUT2D eigenvalue weighted by atomic mass is 19.1. The molecule has 25 heavy (non-hydrogen) atoms. The van der Waals surface area contributed by atoms with Crippen molar-refractivity contribution >= 4 is 17.6 Å². The Morgan fingerprint density at radius 2 is 1.92 bits per heavy atom. The van der Waals surface area contributed by atoms with E-state index in [2.05, 4.69) is 10.1 Å². The zero-order valence-electron chi connectivity index (χ0n) is 13.2. The van der Waals surface area contributed by atoms with Crippen LogP contribution in [0.2, 0.25) is 0 Å². The number of ketones is 1. The summed E-state index contributed by atoms with van der Waals surface area (Å²) in [5, 5.41) is 3.94. The molecule has 126 valence electrons. The molecule has 0 aliphatic rings. The second-order valence-electron chi connectivity index (χ2n) is 5.10. The average molecular weight is 341 g/mol. The number of carbonyl (C=O) groups is 1. The van der Waals surface area contributed by atoms with Crippen molar-refractivity contribution in [1.29, 1.82) is 0 Å². The zero-order valence-corrected chi connectivity index (χ0v) is 13.2. The number of ether oxygens (including phenoxy) is 1. The molecule has 3 rings (SSSR count). The van der Waals surface area contributed by atoms with Crippen LogP contribution in [0.5, 0.6) is 5.75 Å². The molecule has 0 radical (unpaired) electrons. The number of aromatic nitrogens is 3. The molecule has 5 nitrogen and oxygen atoms in total. The molecule has 0 aliphatic heterocycles. The lowest BCUT2D eigenvalue weighted by Crippen LogP contribution is -2.12. The molecule has 0 amide bonds. The molecule has 7 heteroatoms. The molecular formula is C18H13F2N3O2. The van der Waals surface area contributed by atoms with Crippen molar-refractivity contribution in [1.82, 2.24) is 14.8 Å². The SMILES string of the molecule is COc1ccc(/C=C(/C(=O)c2ccc(F)cc2F)n2cncn2)cc1. The summed E-state index contributed by atoms with van der Waals surface area (Å²) in [5.74, 6) is -1.67. The molecule has 0 unspecified atom stereocenters. The molecule has 0 atom stereocenters. The van der Waals surface area contributed by atoms with Gasteiger partial charge in [-0.15, -0.1) is 0 Å². The van der Waals surface area contributed by atoms with Crippen molar-refractivity contribution in [3.05, 3.63) is 77.9 Å². The summed E-state index contributed by atoms with van der Waals surface area (Å²) in [4.78, 5) is 16.6. The van der Waals surface area contributed by atoms with Crippen LogP contribution in [0.3, 0.4) is 0 Å². The number of rotatable bonds is 5. The lowest BCUT2D eigenvalue weighted by atomic mass is 10.1. The Labute approximate surface area is 142 Å². The van der Waals surface area contributed by atoms with E-state index in [1.165, 1.54) is 17.3 Å². The van der Waals surface area contributed by atoms with Gasteiger partial charge in [-0.3, -0.25) is 4.79 Å². The molecular weight excluding hydrogens is 328 g/mol. The minimum Gasteiger partial charge on any atom is -0.497 e. The first-order chi connectivity index (χ1) is 12.1. The van der Waals surface area contributed by atoms with Crippen LogP contribution >= 0.6 is 0 Å². The second kappa shape index (κ2) is 7.04. The van der Waals surface area contributed by atoms with Crippen molar-refractivity contribution in [2.45, 2.75) is 0 Å². The van der Waals surface area contributed by atoms with Crippen LogP contribution in [0.25, 0.3) is 11.8 Å². The standard InChI is InChI=1S/C18H13F2N3O2/c1-25-14-5-2-12(3-6-14)8-17(23-11-21-10-22-23)18(24)15-7-4-13(19)9-16(15)20/h2-11H,1H3/b17-8-. The van der Waals surface area contributed by atoms with E-state index in [1.54, 1.807) is 37.5 Å². The predicted molar refractivity (Wildman–Crippen MR) is 87.9 cm³/mol. The number of methoxy groups -OCH3 is 1. The van der Waals surface area contributed by atoms with Gasteiger partial charge in [0.15, 0.2) is 0 Å². The Hall–Kier alpha value is -3.35. The molecule has 0 aliphatic carbocycles. The molecule has 0 fully saturated rings. The number of benzene rings is 2. The third-order valence-electron chi connectivity index (χ3n) is 3.49. The summed E-state index contributed by atoms with van der Waals surface area (Å²) in [5.41, 5.74) is 0.506. The minimum atomic E-state index is -0.939. The molecule has 3 aromatic rings. The second-order valence-corrected chi connectivity index (χ2v) is 5.10. The van der Waals surface area contributed by atoms with Gasteiger partial charge >= 0.3 is 0 Å². The highest BCUT2D eigenvalue weighted by molar-refractivity contribution is 6.27. The van der Waals surface area contributed by atoms with Crippen molar-refractivity contribution in [3.8, 4) is 5.75 Å². The molecule has 0 saturated heterocycles. The van der Waals surface area contributed by atoms with Crippen LogP contribution in [0, 0.1) is 11.6 Å². The number of nitrogens with zero attached hydrogens (tertiary/aromatic N) is 3. The van der Waals surface area contributed by atoms with Crippen molar-refractivity contribution < 1.29 is 18.3 Å². The van der Waals surface area contributed by atoms with Crippen LogP contribution in [0.4, 0.5) is 8.78 Å². The van der Waals surface area contributed by atoms with Crippen LogP contribution < -0.4 is 4.74 Å². The number of hydrogen-bond donors (Lipinski definition) is 0. The molecule has 2 aromatic carbocycles. The van der Waals surface area contributed by atoms with Gasteiger partial charge in [-0.2, -0.15) is 5.10 Å². The van der Waals surface area contributed by atoms with Gasteiger partial charge in [0.05, 0.1) is 12.7 Å². The molecule has 1 aromatic heterocycles. The van der Waals surface area contributed by atoms with E-state index in [0.29, 0.717) is 17.4 Å². The normalized spacial score (nSPS) is 11.4. The third kappa shape index (κ3) is 3.60. The van der Waals surface area contributed by atoms with Gasteiger partial charge in [0.2, 0.25) is 5.78 Å². The Kier molecular flexibility index (Phi) is 4.65. The van der Waals surface area contributed by atoms with Crippen molar-refractivity contribution in [2.75, 3.05) is 7.11 Å². The van der Waals surface area contributed by atoms with Crippen LogP contribution in [-0.2, 0) is 0 Å². The van der Waals surface area contributed by atoms with E-state index >= 15 is 0 Å². The Morgan fingerprint density at radius 1 is 1.16 bits per heavy atom. The maximum absolute atomic E-state index is 14.0. The molecule has 0 bridgehead atoms. The van der Waals surface area contributed by atoms with Gasteiger partial charge < -0.3 is 4.74 Å². The summed E-state index contributed by atoms with van der Waals surface area (Å²) in [6, 6.07) is 9.74. The van der Waals surface area contributed by atoms with Gasteiger partial charge in [-0.05, 0) is 35.9 Å². The molecule has 1 heterocycles. The highest BCUT2D eigenvalue weighted by Crippen LogP contribution is 2.20. The van der Waals surface area contributed by atoms with Crippen molar-refractivity contribution in [3.63, 3.8) is 0 Å². The molecule has 0 spiro atoms. The lowest BCUT2D eigenvalue weighted by Gasteiger charge is -2.08. The Bertz CT molecular complexity index is 920. The third-order valence-corrected chi connectivity index (χ3v) is 3.49. The number of allylic oxidation sites excluding steroid dienone is 1. The quantitative estimate of drug-likeness (QED) is 0.527. The van der Waals surface area contributed by atoms with E-state index < -0.39 is 17.4 Å². The van der Waals surface area contributed by atoms with Gasteiger partial charge in [-0.25, -0.2) is 18.4 Å². The first kappa shape index (κ1) is 16.5. The minimum absolute atomic E-state index is 0.0770. The number of hydrogen-bond acceptors (Lipinski definition) is 4. The van der Waals surface area contributed by atoms with E-state index in [4.69, 9.17) is 4.74 Å². The highest BCUT2D eigenvalue weighted by Gasteiger charge is 2.19. The van der Waals surface area contributed by atoms with Crippen LogP contribution in [-0.4, -0.2) is 27.7 Å². The summed E-state index contributed by atoms with van der Waals surface area (Å²) in [6.45, 7) is 0. The topological polar surface area (TPSA) is 57.0 Å². The average Bonchev–Trinajstić information content (AvgIpc) is 3.14. The number of carbonyl (C=O) groups excluding carboxylic acids is 1. The van der Waals surface area contributed by atoms with Gasteiger partial charge in [0, 0.05) is 6.07 Å². The monoisotopic (exact) mass is 341 g/mol. The Morgan fingerprint density at radius 3 is 2.52 bits per heavy atom. The summed E-state index contributed by atoms with van der Waals surface area (Å²) in [6.07, 6.45) is 4.13. The van der Waals surface area contributed by atoms with Crippen LogP contribution in [0.1, 0.15) is 15.9 Å². The first-order valence-corrected chi connectivity index (χ1v) is 7.29. The van der Waals surface area contributed by atoms with Gasteiger partial charge in [0.25, 0.3) is 0 Å². The van der Waals surface area contributed by atoms with E-state index in [1.807, 2.05) is 0 Å². The van der Waals surface area contributed by atoms with E-state index in [0.717, 1.165) is 12.1 Å². The smallest absolute Gasteiger partial charge is 0.214 e. The fraction of sp³-hybridized carbons (Fsp3) is 0.0556. The van der Waals surface area contributed by atoms with Crippen LogP contribution in [0.15, 0.2) is 55.1 Å². The molecule has 0 N–H and O–H groups in total. The summed E-state index contributed by atoms with van der Waals surface area (Å²) < 4.78 is 33.4. The maximum Gasteiger partial charge on any atom is 0.214 e. The van der Waals surface area contributed by atoms with Gasteiger partial charge in [0.1, 0.15) is 35.7 Å². The predicted octanol–water partition coefficient (Wildman–Crippen LogP) is 3.45. The number of Topliss-reactive ketones (excluding diaryl/α,β-unsaturated/α-hetero) is 1. The maximum atomic E-state index is 14.0. The zero-order chi connectivity index (χ0) is 17.8. The molecule has 0 saturated carbocycles. The number of halogens is 2. The van der Waals surface area contributed by atoms with Crippen molar-refractivity contribution in [2.24, 2.45) is 0 Å². The van der Waals surface area contributed by atoms with E-state index in [9.17, 15) is 13.6 Å². The largest absolute Gasteiger partial charge is 0.497 e. The first-order valence-electron chi connectivity index (χ1n) is 7.29. The van der Waals surface area contributed by atoms with Gasteiger partial charge in [-0.1, -0.05) is 12.1 Å². The summed E-state index contributed by atoms with van der Waals surface area (Å²) in [7, 11) is 1.55. The fourth-order valence-electron chi connectivity index (χ4n) is 2.24.